The Hall–Kier alpha value is -2.13. The van der Waals surface area contributed by atoms with Gasteiger partial charge in [-0.3, -0.25) is 0 Å². The average Bonchev–Trinajstić information content (AvgIpc) is 2.87. The van der Waals surface area contributed by atoms with Gasteiger partial charge >= 0.3 is 0 Å². The summed E-state index contributed by atoms with van der Waals surface area (Å²) in [6, 6.07) is 15.3. The van der Waals surface area contributed by atoms with Crippen LogP contribution in [0.4, 0.5) is 0 Å². The molecule has 0 saturated heterocycles. The van der Waals surface area contributed by atoms with Crippen molar-refractivity contribution in [2.75, 3.05) is 7.11 Å². The topological polar surface area (TPSA) is 34.2 Å². The van der Waals surface area contributed by atoms with Gasteiger partial charge < -0.3 is 14.5 Å². The molecule has 1 aromatic heterocycles. The van der Waals surface area contributed by atoms with Crippen molar-refractivity contribution in [1.29, 1.82) is 0 Å². The van der Waals surface area contributed by atoms with Gasteiger partial charge in [0.15, 0.2) is 0 Å². The van der Waals surface area contributed by atoms with Gasteiger partial charge in [0, 0.05) is 15.9 Å². The zero-order chi connectivity index (χ0) is 13.9. The molecule has 3 nitrogen and oxygen atoms in total. The maximum Gasteiger partial charge on any atom is 0.128 e. The van der Waals surface area contributed by atoms with E-state index in [1.807, 2.05) is 48.5 Å². The van der Waals surface area contributed by atoms with Crippen molar-refractivity contribution in [3.05, 3.63) is 59.2 Å². The third-order valence-corrected chi connectivity index (χ3v) is 3.33. The highest BCUT2D eigenvalue weighted by molar-refractivity contribution is 6.31. The number of fused-ring (bicyclic) bond motifs is 1. The summed E-state index contributed by atoms with van der Waals surface area (Å²) >= 11 is 5.97. The molecule has 102 valence electrons. The monoisotopic (exact) mass is 287 g/mol. The first-order valence-electron chi connectivity index (χ1n) is 6.28. The van der Waals surface area contributed by atoms with Crippen LogP contribution in [0.2, 0.25) is 5.02 Å². The van der Waals surface area contributed by atoms with E-state index in [9.17, 15) is 0 Å². The molecule has 4 heteroatoms. The second kappa shape index (κ2) is 5.47. The third kappa shape index (κ3) is 2.73. The van der Waals surface area contributed by atoms with Gasteiger partial charge in [0.05, 0.1) is 12.8 Å². The number of rotatable bonds is 4. The van der Waals surface area contributed by atoms with Crippen molar-refractivity contribution in [2.24, 2.45) is 0 Å². The largest absolute Gasteiger partial charge is 0.497 e. The number of hydrogen-bond donors (Lipinski definition) is 1. The van der Waals surface area contributed by atoms with Crippen LogP contribution >= 0.6 is 11.6 Å². The van der Waals surface area contributed by atoms with Gasteiger partial charge in [-0.05, 0) is 48.5 Å². The summed E-state index contributed by atoms with van der Waals surface area (Å²) in [6.45, 7) is 0.485. The molecule has 0 amide bonds. The van der Waals surface area contributed by atoms with Crippen LogP contribution in [0, 0.1) is 0 Å². The fourth-order valence-electron chi connectivity index (χ4n) is 2.07. The number of hydrogen-bond acceptors (Lipinski definition) is 2. The van der Waals surface area contributed by atoms with Gasteiger partial charge in [0.1, 0.15) is 18.1 Å². The van der Waals surface area contributed by atoms with E-state index in [4.69, 9.17) is 21.1 Å². The lowest BCUT2D eigenvalue weighted by Gasteiger charge is -2.05. The summed E-state index contributed by atoms with van der Waals surface area (Å²) in [7, 11) is 1.64. The smallest absolute Gasteiger partial charge is 0.128 e. The van der Waals surface area contributed by atoms with Crippen LogP contribution in [-0.2, 0) is 6.61 Å². The summed E-state index contributed by atoms with van der Waals surface area (Å²) in [5.41, 5.74) is 2.07. The first-order chi connectivity index (χ1) is 9.74. The molecule has 3 aromatic rings. The van der Waals surface area contributed by atoms with Crippen molar-refractivity contribution in [3.63, 3.8) is 0 Å². The standard InChI is InChI=1S/C16H14ClNO2/c1-19-14-3-5-15(6-4-14)20-10-13-9-11-8-12(17)2-7-16(11)18-13/h2-9,18H,10H2,1H3. The van der Waals surface area contributed by atoms with Gasteiger partial charge in [-0.2, -0.15) is 0 Å². The van der Waals surface area contributed by atoms with Crippen LogP contribution in [0.15, 0.2) is 48.5 Å². The van der Waals surface area contributed by atoms with Crippen LogP contribution in [0.1, 0.15) is 5.69 Å². The van der Waals surface area contributed by atoms with Gasteiger partial charge in [-0.15, -0.1) is 0 Å². The zero-order valence-corrected chi connectivity index (χ0v) is 11.8. The van der Waals surface area contributed by atoms with Crippen molar-refractivity contribution in [3.8, 4) is 11.5 Å². The first-order valence-corrected chi connectivity index (χ1v) is 6.66. The fourth-order valence-corrected chi connectivity index (χ4v) is 2.25. The minimum atomic E-state index is 0.485. The summed E-state index contributed by atoms with van der Waals surface area (Å²) in [5.74, 6) is 1.63. The molecule has 0 atom stereocenters. The van der Waals surface area contributed by atoms with Crippen molar-refractivity contribution >= 4 is 22.5 Å². The Kier molecular flexibility index (Phi) is 3.52. The minimum Gasteiger partial charge on any atom is -0.497 e. The van der Waals surface area contributed by atoms with Crippen molar-refractivity contribution in [2.45, 2.75) is 6.61 Å². The SMILES string of the molecule is COc1ccc(OCc2cc3cc(Cl)ccc3[nH]2)cc1. The third-order valence-electron chi connectivity index (χ3n) is 3.09. The molecule has 0 saturated carbocycles. The summed E-state index contributed by atoms with van der Waals surface area (Å²) in [4.78, 5) is 3.31. The molecule has 3 rings (SSSR count). The Morgan fingerprint density at radius 2 is 1.75 bits per heavy atom. The van der Waals surface area contributed by atoms with Crippen LogP contribution in [-0.4, -0.2) is 12.1 Å². The normalized spacial score (nSPS) is 10.7. The molecule has 0 aliphatic heterocycles. The lowest BCUT2D eigenvalue weighted by atomic mass is 10.2. The zero-order valence-electron chi connectivity index (χ0n) is 11.0. The second-order valence-corrected chi connectivity index (χ2v) is 4.93. The number of halogens is 1. The van der Waals surface area contributed by atoms with Crippen molar-refractivity contribution in [1.82, 2.24) is 4.98 Å². The Morgan fingerprint density at radius 3 is 2.50 bits per heavy atom. The highest BCUT2D eigenvalue weighted by Gasteiger charge is 2.02. The summed E-state index contributed by atoms with van der Waals surface area (Å²) in [6.07, 6.45) is 0. The van der Waals surface area contributed by atoms with E-state index >= 15 is 0 Å². The predicted molar refractivity (Wildman–Crippen MR) is 80.6 cm³/mol. The lowest BCUT2D eigenvalue weighted by Crippen LogP contribution is -1.95. The minimum absolute atomic E-state index is 0.485. The van der Waals surface area contributed by atoms with Crippen LogP contribution in [0.5, 0.6) is 11.5 Å². The molecule has 1 heterocycles. The van der Waals surface area contributed by atoms with Gasteiger partial charge in [0.2, 0.25) is 0 Å². The Bertz CT molecular complexity index is 719. The molecule has 20 heavy (non-hydrogen) atoms. The first kappa shape index (κ1) is 12.9. The molecule has 0 radical (unpaired) electrons. The van der Waals surface area contributed by atoms with E-state index in [1.165, 1.54) is 0 Å². The molecule has 2 aromatic carbocycles. The number of methoxy groups -OCH3 is 1. The number of H-pyrrole nitrogens is 1. The lowest BCUT2D eigenvalue weighted by molar-refractivity contribution is 0.301. The summed E-state index contributed by atoms with van der Waals surface area (Å²) < 4.78 is 10.8. The molecule has 0 bridgehead atoms. The fraction of sp³-hybridized carbons (Fsp3) is 0.125. The highest BCUT2D eigenvalue weighted by atomic mass is 35.5. The van der Waals surface area contributed by atoms with Gasteiger partial charge in [-0.1, -0.05) is 11.6 Å². The summed E-state index contributed by atoms with van der Waals surface area (Å²) in [5, 5.41) is 1.82. The second-order valence-electron chi connectivity index (χ2n) is 4.49. The van der Waals surface area contributed by atoms with E-state index < -0.39 is 0 Å². The van der Waals surface area contributed by atoms with Crippen LogP contribution in [0.25, 0.3) is 10.9 Å². The number of ether oxygens (including phenoxy) is 2. The molecular weight excluding hydrogens is 274 g/mol. The van der Waals surface area contributed by atoms with E-state index in [0.717, 1.165) is 33.1 Å². The molecular formula is C16H14ClNO2. The molecule has 0 aliphatic carbocycles. The molecule has 0 spiro atoms. The Labute approximate surface area is 122 Å². The van der Waals surface area contributed by atoms with E-state index in [1.54, 1.807) is 7.11 Å². The number of nitrogens with one attached hydrogen (secondary N) is 1. The van der Waals surface area contributed by atoms with Crippen LogP contribution < -0.4 is 9.47 Å². The highest BCUT2D eigenvalue weighted by Crippen LogP contribution is 2.22. The van der Waals surface area contributed by atoms with Gasteiger partial charge in [-0.25, -0.2) is 0 Å². The predicted octanol–water partition coefficient (Wildman–Crippen LogP) is 4.41. The molecule has 0 fully saturated rings. The maximum atomic E-state index is 5.97. The van der Waals surface area contributed by atoms with Crippen molar-refractivity contribution < 1.29 is 9.47 Å². The van der Waals surface area contributed by atoms with Gasteiger partial charge in [0.25, 0.3) is 0 Å². The Morgan fingerprint density at radius 1 is 1.00 bits per heavy atom. The quantitative estimate of drug-likeness (QED) is 0.771. The number of benzene rings is 2. The number of aromatic nitrogens is 1. The molecule has 1 N–H and O–H groups in total. The van der Waals surface area contributed by atoms with Crippen LogP contribution in [0.3, 0.4) is 0 Å². The van der Waals surface area contributed by atoms with E-state index in [0.29, 0.717) is 6.61 Å². The Balaban J connectivity index is 1.72. The van der Waals surface area contributed by atoms with E-state index in [-0.39, 0.29) is 0 Å². The molecule has 0 unspecified atom stereocenters. The number of aromatic amines is 1. The average molecular weight is 288 g/mol. The molecule has 0 aliphatic rings. The maximum absolute atomic E-state index is 5.97. The van der Waals surface area contributed by atoms with E-state index in [2.05, 4.69) is 4.98 Å².